The molecular weight excluding hydrogens is 466 g/mol. The van der Waals surface area contributed by atoms with Gasteiger partial charge in [-0.3, -0.25) is 0 Å². The summed E-state index contributed by atoms with van der Waals surface area (Å²) in [4.78, 5) is 27.4. The number of piperidine rings is 1. The predicted molar refractivity (Wildman–Crippen MR) is 143 cm³/mol. The number of ether oxygens (including phenoxy) is 3. The molecule has 6 heteroatoms. The molecule has 194 valence electrons. The Kier molecular flexibility index (Phi) is 8.49. The summed E-state index contributed by atoms with van der Waals surface area (Å²) in [6.45, 7) is 7.38. The second-order valence-corrected chi connectivity index (χ2v) is 10.3. The van der Waals surface area contributed by atoms with Crippen molar-refractivity contribution < 1.29 is 23.8 Å². The maximum atomic E-state index is 13.2. The van der Waals surface area contributed by atoms with Gasteiger partial charge in [-0.1, -0.05) is 66.7 Å². The van der Waals surface area contributed by atoms with E-state index in [-0.39, 0.29) is 18.6 Å². The maximum Gasteiger partial charge on any atom is 0.410 e. The first kappa shape index (κ1) is 26.3. The van der Waals surface area contributed by atoms with Crippen LogP contribution in [0.25, 0.3) is 0 Å². The number of carbonyl (C=O) groups excluding carboxylic acids is 2. The molecule has 37 heavy (non-hydrogen) atoms. The van der Waals surface area contributed by atoms with Gasteiger partial charge in [0.2, 0.25) is 0 Å². The van der Waals surface area contributed by atoms with E-state index in [0.29, 0.717) is 31.0 Å². The summed E-state index contributed by atoms with van der Waals surface area (Å²) in [6, 6.07) is 25.2. The number of hydrogen-bond donors (Lipinski definition) is 0. The second-order valence-electron chi connectivity index (χ2n) is 10.3. The molecule has 1 fully saturated rings. The number of carbonyl (C=O) groups is 2. The van der Waals surface area contributed by atoms with Gasteiger partial charge < -0.3 is 19.1 Å². The fraction of sp³-hybridized carbons (Fsp3) is 0.355. The maximum absolute atomic E-state index is 13.2. The Morgan fingerprint density at radius 3 is 2.03 bits per heavy atom. The van der Waals surface area contributed by atoms with E-state index in [1.807, 2.05) is 99.6 Å². The minimum atomic E-state index is -0.515. The Hall–Kier alpha value is -3.80. The summed E-state index contributed by atoms with van der Waals surface area (Å²) in [5, 5.41) is 0. The second kappa shape index (κ2) is 12.0. The first-order chi connectivity index (χ1) is 17.8. The molecule has 0 aromatic heterocycles. The number of esters is 1. The van der Waals surface area contributed by atoms with Crippen molar-refractivity contribution in [2.75, 3.05) is 13.1 Å². The van der Waals surface area contributed by atoms with E-state index in [4.69, 9.17) is 14.2 Å². The summed E-state index contributed by atoms with van der Waals surface area (Å²) in [5.41, 5.74) is 2.89. The fourth-order valence-corrected chi connectivity index (χ4v) is 4.34. The molecule has 3 aromatic carbocycles. The van der Waals surface area contributed by atoms with Crippen molar-refractivity contribution >= 4 is 12.1 Å². The van der Waals surface area contributed by atoms with E-state index in [9.17, 15) is 9.59 Å². The van der Waals surface area contributed by atoms with E-state index >= 15 is 0 Å². The monoisotopic (exact) mass is 501 g/mol. The Labute approximate surface area is 219 Å². The molecule has 0 spiro atoms. The van der Waals surface area contributed by atoms with Crippen LogP contribution >= 0.6 is 0 Å². The number of hydrogen-bond acceptors (Lipinski definition) is 5. The third kappa shape index (κ3) is 7.59. The van der Waals surface area contributed by atoms with E-state index < -0.39 is 11.6 Å². The normalized spacial score (nSPS) is 14.2. The van der Waals surface area contributed by atoms with Crippen molar-refractivity contribution in [2.45, 2.75) is 58.3 Å². The van der Waals surface area contributed by atoms with Crippen molar-refractivity contribution in [3.8, 4) is 5.75 Å². The van der Waals surface area contributed by atoms with Gasteiger partial charge >= 0.3 is 12.1 Å². The Morgan fingerprint density at radius 1 is 0.838 bits per heavy atom. The zero-order valence-electron chi connectivity index (χ0n) is 21.8. The topological polar surface area (TPSA) is 65.1 Å². The molecule has 0 radical (unpaired) electrons. The van der Waals surface area contributed by atoms with E-state index in [1.54, 1.807) is 4.90 Å². The first-order valence-electron chi connectivity index (χ1n) is 12.8. The van der Waals surface area contributed by atoms with Crippen molar-refractivity contribution in [1.82, 2.24) is 4.90 Å². The van der Waals surface area contributed by atoms with Crippen LogP contribution in [0.4, 0.5) is 4.79 Å². The molecular formula is C31H35NO5. The SMILES string of the molecule is CC(C)(C)OC(=O)N1CCC(c2ccc(OCc3ccccc3)c(C(=O)OCc3ccccc3)c2)CC1. The lowest BCUT2D eigenvalue weighted by atomic mass is 9.88. The van der Waals surface area contributed by atoms with Crippen molar-refractivity contribution in [2.24, 2.45) is 0 Å². The van der Waals surface area contributed by atoms with Gasteiger partial charge in [-0.15, -0.1) is 0 Å². The quantitative estimate of drug-likeness (QED) is 0.336. The van der Waals surface area contributed by atoms with Gasteiger partial charge in [0.05, 0.1) is 0 Å². The van der Waals surface area contributed by atoms with E-state index in [0.717, 1.165) is 29.5 Å². The van der Waals surface area contributed by atoms with Crippen molar-refractivity contribution in [3.63, 3.8) is 0 Å². The van der Waals surface area contributed by atoms with Crippen LogP contribution in [-0.2, 0) is 22.7 Å². The zero-order valence-corrected chi connectivity index (χ0v) is 21.8. The molecule has 0 saturated carbocycles. The molecule has 1 saturated heterocycles. The molecule has 0 N–H and O–H groups in total. The van der Waals surface area contributed by atoms with Gasteiger partial charge in [-0.25, -0.2) is 9.59 Å². The molecule has 0 aliphatic carbocycles. The van der Waals surface area contributed by atoms with Gasteiger partial charge in [-0.2, -0.15) is 0 Å². The third-order valence-electron chi connectivity index (χ3n) is 6.29. The van der Waals surface area contributed by atoms with E-state index in [2.05, 4.69) is 0 Å². The minimum Gasteiger partial charge on any atom is -0.488 e. The lowest BCUT2D eigenvalue weighted by Crippen LogP contribution is -2.41. The molecule has 0 unspecified atom stereocenters. The highest BCUT2D eigenvalue weighted by Gasteiger charge is 2.28. The molecule has 0 bridgehead atoms. The Bertz CT molecular complexity index is 1180. The van der Waals surface area contributed by atoms with Crippen molar-refractivity contribution in [3.05, 3.63) is 101 Å². The third-order valence-corrected chi connectivity index (χ3v) is 6.29. The molecule has 3 aromatic rings. The highest BCUT2D eigenvalue weighted by molar-refractivity contribution is 5.92. The first-order valence-corrected chi connectivity index (χ1v) is 12.8. The average Bonchev–Trinajstić information content (AvgIpc) is 2.91. The standard InChI is InChI=1S/C31H35NO5/c1-31(2,3)37-30(34)32-18-16-25(17-19-32)26-14-15-28(35-21-23-10-6-4-7-11-23)27(20-26)29(33)36-22-24-12-8-5-9-13-24/h4-15,20,25H,16-19,21-22H2,1-3H3. The number of nitrogens with zero attached hydrogens (tertiary/aromatic N) is 1. The van der Waals surface area contributed by atoms with Crippen LogP contribution < -0.4 is 4.74 Å². The van der Waals surface area contributed by atoms with Crippen LogP contribution in [0.5, 0.6) is 5.75 Å². The lowest BCUT2D eigenvalue weighted by molar-refractivity contribution is 0.0204. The van der Waals surface area contributed by atoms with Crippen molar-refractivity contribution in [1.29, 1.82) is 0 Å². The number of likely N-dealkylation sites (tertiary alicyclic amines) is 1. The molecule has 0 atom stereocenters. The van der Waals surface area contributed by atoms with Gasteiger partial charge in [0, 0.05) is 13.1 Å². The summed E-state index contributed by atoms with van der Waals surface area (Å²) in [6.07, 6.45) is 1.31. The lowest BCUT2D eigenvalue weighted by Gasteiger charge is -2.33. The fourth-order valence-electron chi connectivity index (χ4n) is 4.34. The van der Waals surface area contributed by atoms with Crippen LogP contribution in [0, 0.1) is 0 Å². The van der Waals surface area contributed by atoms with Crippen LogP contribution in [0.1, 0.15) is 66.6 Å². The summed E-state index contributed by atoms with van der Waals surface area (Å²) >= 11 is 0. The number of benzene rings is 3. The van der Waals surface area contributed by atoms with Crippen LogP contribution in [-0.4, -0.2) is 35.7 Å². The summed E-state index contributed by atoms with van der Waals surface area (Å²) < 4.78 is 17.2. The van der Waals surface area contributed by atoms with Crippen LogP contribution in [0.15, 0.2) is 78.9 Å². The average molecular weight is 502 g/mol. The van der Waals surface area contributed by atoms with Gasteiger partial charge in [0.1, 0.15) is 30.1 Å². The van der Waals surface area contributed by atoms with Crippen LogP contribution in [0.2, 0.25) is 0 Å². The highest BCUT2D eigenvalue weighted by atomic mass is 16.6. The number of rotatable bonds is 7. The van der Waals surface area contributed by atoms with Gasteiger partial charge in [0.15, 0.2) is 0 Å². The smallest absolute Gasteiger partial charge is 0.410 e. The van der Waals surface area contributed by atoms with Gasteiger partial charge in [0.25, 0.3) is 0 Å². The minimum absolute atomic E-state index is 0.191. The number of amides is 1. The molecule has 1 aliphatic heterocycles. The summed E-state index contributed by atoms with van der Waals surface area (Å²) in [7, 11) is 0. The van der Waals surface area contributed by atoms with Gasteiger partial charge in [-0.05, 0) is 68.4 Å². The largest absolute Gasteiger partial charge is 0.488 e. The predicted octanol–water partition coefficient (Wildman–Crippen LogP) is 6.74. The molecule has 1 aliphatic rings. The molecule has 1 amide bonds. The highest BCUT2D eigenvalue weighted by Crippen LogP contribution is 2.32. The Balaban J connectivity index is 1.47. The van der Waals surface area contributed by atoms with E-state index in [1.165, 1.54) is 0 Å². The van der Waals surface area contributed by atoms with Crippen LogP contribution in [0.3, 0.4) is 0 Å². The summed E-state index contributed by atoms with van der Waals surface area (Å²) in [5.74, 6) is 0.305. The molecule has 4 rings (SSSR count). The zero-order chi connectivity index (χ0) is 26.3. The molecule has 1 heterocycles. The molecule has 6 nitrogen and oxygen atoms in total. The Morgan fingerprint density at radius 2 is 1.43 bits per heavy atom.